The van der Waals surface area contributed by atoms with E-state index in [1.807, 2.05) is 127 Å². The molecule has 0 aliphatic heterocycles. The minimum Gasteiger partial charge on any atom is -0.396 e. The Balaban J connectivity index is 0.000000183. The van der Waals surface area contributed by atoms with Gasteiger partial charge in [-0.1, -0.05) is 225 Å². The van der Waals surface area contributed by atoms with E-state index >= 15 is 4.39 Å². The average molecular weight is 1220 g/mol. The molecular formula is C74H56BBrF3N2S3. The molecule has 0 spiro atoms. The lowest BCUT2D eigenvalue weighted by Crippen LogP contribution is -2.13. The zero-order chi connectivity index (χ0) is 54.1. The third kappa shape index (κ3) is 11.9. The van der Waals surface area contributed by atoms with Gasteiger partial charge < -0.3 is 10.6 Å². The van der Waals surface area contributed by atoms with Crippen LogP contribution in [-0.4, -0.2) is 8.41 Å². The molecule has 3 radical (unpaired) electrons. The minimum absolute atomic E-state index is 0. The maximum Gasteiger partial charge on any atom is 0.148 e. The van der Waals surface area contributed by atoms with E-state index in [1.165, 1.54) is 66.6 Å². The molecule has 411 valence electrons. The van der Waals surface area contributed by atoms with Gasteiger partial charge in [0.1, 0.15) is 11.6 Å². The van der Waals surface area contributed by atoms with Crippen LogP contribution < -0.4 is 10.6 Å². The van der Waals surface area contributed by atoms with E-state index in [-0.39, 0.29) is 45.3 Å². The highest BCUT2D eigenvalue weighted by Crippen LogP contribution is 2.48. The Morgan fingerprint density at radius 3 is 1.10 bits per heavy atom. The Labute approximate surface area is 510 Å². The predicted molar refractivity (Wildman–Crippen MR) is 368 cm³/mol. The summed E-state index contributed by atoms with van der Waals surface area (Å²) in [6.45, 7) is 0. The number of benzene rings is 12. The third-order valence-corrected chi connectivity index (χ3v) is 18.3. The highest BCUT2D eigenvalue weighted by Gasteiger charge is 2.24. The van der Waals surface area contributed by atoms with Gasteiger partial charge in [-0.05, 0) is 112 Å². The number of anilines is 4. The van der Waals surface area contributed by atoms with Gasteiger partial charge >= 0.3 is 0 Å². The number of thiophene rings is 3. The topological polar surface area (TPSA) is 29.3 Å². The monoisotopic (exact) mass is 1220 g/mol. The summed E-state index contributed by atoms with van der Waals surface area (Å²) in [5.74, 6) is -0.654. The van der Waals surface area contributed by atoms with Crippen molar-refractivity contribution in [2.45, 2.75) is 14.9 Å². The standard InChI is InChI=1S/C42H26FNS2.C18H14FN.C12H7BrS.2CH4.B.FH/c43-37-24-29(27-11-3-1-4-12-27)23-36(28-13-5-2-6-14-28)42(37)44(30-19-21-34-32-15-7-9-17-38(32)45-40(34)25-30)31-20-22-35-33-16-8-10-18-39(33)46-41(35)26-31;19-17-12-15(13-7-3-1-4-8-13)11-16(18(17)20)14-9-5-2-6-10-14;13-8-5-6-10-9-3-1-2-4-11(9)14-12(10)7-8;;;;/h1-26H;1-12H,20H2;1-7H;2*1H4;;1H. The molecule has 15 aromatic rings. The maximum absolute atomic E-state index is 17.0. The number of fused-ring (bicyclic) bond motifs is 9. The van der Waals surface area contributed by atoms with E-state index in [0.29, 0.717) is 5.69 Å². The highest BCUT2D eigenvalue weighted by molar-refractivity contribution is 9.10. The van der Waals surface area contributed by atoms with E-state index in [4.69, 9.17) is 5.73 Å². The lowest BCUT2D eigenvalue weighted by molar-refractivity contribution is 0.629. The normalized spacial score (nSPS) is 10.7. The number of hydrogen-bond donors (Lipinski definition) is 1. The van der Waals surface area contributed by atoms with Crippen molar-refractivity contribution in [1.82, 2.24) is 0 Å². The molecule has 3 aromatic heterocycles. The predicted octanol–water partition coefficient (Wildman–Crippen LogP) is 24.0. The molecule has 2 N–H and O–H groups in total. The maximum atomic E-state index is 17.0. The number of rotatable bonds is 7. The number of halogens is 4. The van der Waals surface area contributed by atoms with Gasteiger partial charge in [0.25, 0.3) is 0 Å². The summed E-state index contributed by atoms with van der Waals surface area (Å²) >= 11 is 8.89. The van der Waals surface area contributed by atoms with Crippen LogP contribution in [0.4, 0.5) is 36.2 Å². The van der Waals surface area contributed by atoms with E-state index < -0.39 is 0 Å². The zero-order valence-corrected chi connectivity index (χ0v) is 47.9. The molecule has 0 unspecified atom stereocenters. The Morgan fingerprint density at radius 2 is 0.655 bits per heavy atom. The number of nitrogens with zero attached hydrogens (tertiary/aromatic N) is 1. The summed E-state index contributed by atoms with van der Waals surface area (Å²) in [7, 11) is 0. The molecule has 12 aromatic carbocycles. The van der Waals surface area contributed by atoms with Crippen LogP contribution in [0.5, 0.6) is 0 Å². The summed E-state index contributed by atoms with van der Waals surface area (Å²) < 4.78 is 39.8. The van der Waals surface area contributed by atoms with E-state index in [9.17, 15) is 4.39 Å². The Kier molecular flexibility index (Phi) is 18.7. The average Bonchev–Trinajstić information content (AvgIpc) is 2.37. The van der Waals surface area contributed by atoms with Crippen LogP contribution in [0.2, 0.25) is 0 Å². The molecule has 0 saturated carbocycles. The first kappa shape index (κ1) is 59.8. The summed E-state index contributed by atoms with van der Waals surface area (Å²) in [5, 5.41) is 7.64. The van der Waals surface area contributed by atoms with Crippen molar-refractivity contribution in [3.8, 4) is 44.5 Å². The van der Waals surface area contributed by atoms with Crippen LogP contribution >= 0.6 is 49.9 Å². The summed E-state index contributed by atoms with van der Waals surface area (Å²) in [6, 6.07) is 91.9. The van der Waals surface area contributed by atoms with Crippen molar-refractivity contribution in [1.29, 1.82) is 0 Å². The highest BCUT2D eigenvalue weighted by atomic mass is 79.9. The van der Waals surface area contributed by atoms with Gasteiger partial charge in [-0.25, -0.2) is 8.78 Å². The summed E-state index contributed by atoms with van der Waals surface area (Å²) in [4.78, 5) is 2.11. The molecule has 0 saturated heterocycles. The van der Waals surface area contributed by atoms with Gasteiger partial charge in [0.15, 0.2) is 0 Å². The molecule has 0 bridgehead atoms. The van der Waals surface area contributed by atoms with Crippen molar-refractivity contribution in [2.24, 2.45) is 0 Å². The fourth-order valence-electron chi connectivity index (χ4n) is 10.5. The van der Waals surface area contributed by atoms with Crippen LogP contribution in [0, 0.1) is 11.6 Å². The molecule has 0 atom stereocenters. The van der Waals surface area contributed by atoms with Gasteiger partial charge in [0.2, 0.25) is 0 Å². The lowest BCUT2D eigenvalue weighted by atomic mass is 9.95. The smallest absolute Gasteiger partial charge is 0.148 e. The molecule has 2 nitrogen and oxygen atoms in total. The van der Waals surface area contributed by atoms with Crippen molar-refractivity contribution >= 4 is 142 Å². The molecule has 3 heterocycles. The first-order chi connectivity index (χ1) is 39.3. The zero-order valence-electron chi connectivity index (χ0n) is 43.8. The van der Waals surface area contributed by atoms with Gasteiger partial charge in [-0.15, -0.1) is 34.0 Å². The van der Waals surface area contributed by atoms with Crippen LogP contribution in [0.15, 0.2) is 277 Å². The van der Waals surface area contributed by atoms with Crippen molar-refractivity contribution in [2.75, 3.05) is 10.6 Å². The number of nitrogens with two attached hydrogens (primary N) is 1. The third-order valence-electron chi connectivity index (χ3n) is 14.4. The largest absolute Gasteiger partial charge is 0.396 e. The number of nitrogen functional groups attached to an aromatic ring is 1. The Bertz CT molecular complexity index is 4610. The van der Waals surface area contributed by atoms with Gasteiger partial charge in [-0.3, -0.25) is 4.70 Å². The molecule has 10 heteroatoms. The molecular weight excluding hydrogens is 1160 g/mol. The molecule has 0 aliphatic carbocycles. The van der Waals surface area contributed by atoms with Gasteiger partial charge in [-0.2, -0.15) is 0 Å². The quantitative estimate of drug-likeness (QED) is 0.127. The second-order valence-electron chi connectivity index (χ2n) is 19.4. The first-order valence-electron chi connectivity index (χ1n) is 26.1. The molecule has 84 heavy (non-hydrogen) atoms. The minimum atomic E-state index is -0.384. The molecule has 15 rings (SSSR count). The van der Waals surface area contributed by atoms with E-state index in [0.717, 1.165) is 60.4 Å². The van der Waals surface area contributed by atoms with Crippen molar-refractivity contribution < 1.29 is 13.5 Å². The Hall–Kier alpha value is -8.77. The van der Waals surface area contributed by atoms with Crippen LogP contribution in [-0.2, 0) is 0 Å². The van der Waals surface area contributed by atoms with E-state index in [1.54, 1.807) is 28.7 Å². The van der Waals surface area contributed by atoms with Crippen LogP contribution in [0.3, 0.4) is 0 Å². The summed E-state index contributed by atoms with van der Waals surface area (Å²) in [5.41, 5.74) is 15.5. The fraction of sp³-hybridized carbons (Fsp3) is 0.0270. The molecule has 0 amide bonds. The SMILES string of the molecule is Brc1ccc2c(c1)sc1ccccc12.C.C.F.Fc1cc(-c2ccccc2)cc(-c2ccccc2)c1N(c1ccc2c(c1)sc1ccccc12)c1ccc2c(c1)sc1ccccc12.Nc1c(F)cc(-c2ccccc2)cc1-c1ccccc1.[B]. The summed E-state index contributed by atoms with van der Waals surface area (Å²) in [6.07, 6.45) is 0. The van der Waals surface area contributed by atoms with Crippen LogP contribution in [0.25, 0.3) is 105 Å². The fourth-order valence-corrected chi connectivity index (χ4v) is 14.5. The second kappa shape index (κ2) is 26.2. The Morgan fingerprint density at radius 1 is 0.321 bits per heavy atom. The molecule has 0 fully saturated rings. The first-order valence-corrected chi connectivity index (χ1v) is 29.4. The molecule has 0 aliphatic rings. The second-order valence-corrected chi connectivity index (χ2v) is 23.5. The van der Waals surface area contributed by atoms with Crippen molar-refractivity contribution in [3.05, 3.63) is 289 Å². The van der Waals surface area contributed by atoms with Crippen LogP contribution in [0.1, 0.15) is 14.9 Å². The van der Waals surface area contributed by atoms with Gasteiger partial charge in [0.05, 0.1) is 11.4 Å². The van der Waals surface area contributed by atoms with Crippen molar-refractivity contribution in [3.63, 3.8) is 0 Å². The number of hydrogen-bond acceptors (Lipinski definition) is 5. The lowest BCUT2D eigenvalue weighted by Gasteiger charge is -2.29. The van der Waals surface area contributed by atoms with Gasteiger partial charge in [0, 0.05) is 95.9 Å². The van der Waals surface area contributed by atoms with E-state index in [2.05, 4.69) is 166 Å².